The third-order valence-corrected chi connectivity index (χ3v) is 9.07. The number of nitrogens with one attached hydrogen (secondary N) is 1. The Hall–Kier alpha value is -3.20. The van der Waals surface area contributed by atoms with Gasteiger partial charge in [-0.15, -0.1) is 0 Å². The predicted octanol–water partition coefficient (Wildman–Crippen LogP) is 3.74. The van der Waals surface area contributed by atoms with E-state index < -0.39 is 0 Å². The number of ether oxygens (including phenoxy) is 1. The second-order valence-corrected chi connectivity index (χ2v) is 12.3. The van der Waals surface area contributed by atoms with Gasteiger partial charge < -0.3 is 19.9 Å². The van der Waals surface area contributed by atoms with E-state index in [1.165, 1.54) is 32.1 Å². The van der Waals surface area contributed by atoms with Crippen LogP contribution < -0.4 is 5.32 Å². The molecule has 1 aliphatic carbocycles. The monoisotopic (exact) mass is 563 g/mol. The molecular formula is C32H45N5O4. The number of hydrogen-bond acceptors (Lipinski definition) is 5. The molecular weight excluding hydrogens is 518 g/mol. The fourth-order valence-corrected chi connectivity index (χ4v) is 6.77. The molecule has 1 saturated carbocycles. The predicted molar refractivity (Wildman–Crippen MR) is 156 cm³/mol. The number of aromatic nitrogens is 2. The topological polar surface area (TPSA) is 96.8 Å². The number of rotatable bonds is 12. The van der Waals surface area contributed by atoms with E-state index in [-0.39, 0.29) is 29.1 Å². The molecule has 5 rings (SSSR count). The van der Waals surface area contributed by atoms with Crippen LogP contribution in [0.5, 0.6) is 0 Å². The fraction of sp³-hybridized carbons (Fsp3) is 0.625. The van der Waals surface area contributed by atoms with Crippen molar-refractivity contribution < 1.29 is 19.1 Å². The van der Waals surface area contributed by atoms with Crippen LogP contribution >= 0.6 is 0 Å². The van der Waals surface area contributed by atoms with Gasteiger partial charge in [-0.2, -0.15) is 5.10 Å². The van der Waals surface area contributed by atoms with Crippen molar-refractivity contribution in [1.29, 1.82) is 0 Å². The molecule has 1 spiro atoms. The van der Waals surface area contributed by atoms with Crippen molar-refractivity contribution >= 4 is 17.7 Å². The molecule has 1 aromatic heterocycles. The number of carbonyl (C=O) groups is 3. The molecule has 1 aromatic carbocycles. The second-order valence-electron chi connectivity index (χ2n) is 12.3. The lowest BCUT2D eigenvalue weighted by molar-refractivity contribution is -0.145. The van der Waals surface area contributed by atoms with E-state index in [2.05, 4.69) is 10.4 Å². The molecule has 0 bridgehead atoms. The van der Waals surface area contributed by atoms with Crippen LogP contribution in [0.15, 0.2) is 42.7 Å². The Bertz CT molecular complexity index is 1170. The Morgan fingerprint density at radius 1 is 1.05 bits per heavy atom. The first-order valence-electron chi connectivity index (χ1n) is 15.4. The number of nitrogens with zero attached hydrogens (tertiary/aromatic N) is 4. The Kier molecular flexibility index (Phi) is 9.75. The average molecular weight is 564 g/mol. The second kappa shape index (κ2) is 13.6. The normalized spacial score (nSPS) is 20.3. The minimum atomic E-state index is -0.242. The van der Waals surface area contributed by atoms with E-state index in [9.17, 15) is 14.4 Å². The highest BCUT2D eigenvalue weighted by Gasteiger charge is 2.56. The van der Waals surface area contributed by atoms with Gasteiger partial charge in [-0.25, -0.2) is 0 Å². The van der Waals surface area contributed by atoms with E-state index >= 15 is 0 Å². The van der Waals surface area contributed by atoms with Crippen molar-refractivity contribution in [3.63, 3.8) is 0 Å². The molecule has 1 unspecified atom stereocenters. The molecule has 41 heavy (non-hydrogen) atoms. The maximum Gasteiger partial charge on any atom is 0.257 e. The summed E-state index contributed by atoms with van der Waals surface area (Å²) in [6.45, 7) is 6.66. The van der Waals surface area contributed by atoms with Gasteiger partial charge in [0.15, 0.2) is 0 Å². The summed E-state index contributed by atoms with van der Waals surface area (Å²) in [5.41, 5.74) is 1.43. The molecule has 2 saturated heterocycles. The highest BCUT2D eigenvalue weighted by atomic mass is 16.5. The van der Waals surface area contributed by atoms with E-state index in [4.69, 9.17) is 4.74 Å². The molecule has 222 valence electrons. The zero-order valence-electron chi connectivity index (χ0n) is 24.4. The lowest BCUT2D eigenvalue weighted by Gasteiger charge is -2.51. The average Bonchev–Trinajstić information content (AvgIpc) is 3.58. The van der Waals surface area contributed by atoms with Gasteiger partial charge in [0.25, 0.3) is 5.91 Å². The third-order valence-electron chi connectivity index (χ3n) is 9.07. The quantitative estimate of drug-likeness (QED) is 0.397. The first-order chi connectivity index (χ1) is 20.0. The van der Waals surface area contributed by atoms with E-state index in [0.717, 1.165) is 18.6 Å². The van der Waals surface area contributed by atoms with Gasteiger partial charge in [0.1, 0.15) is 0 Å². The summed E-state index contributed by atoms with van der Waals surface area (Å²) >= 11 is 0. The van der Waals surface area contributed by atoms with Crippen molar-refractivity contribution in [2.45, 2.75) is 64.8 Å². The molecule has 2 aliphatic heterocycles. The van der Waals surface area contributed by atoms with Crippen molar-refractivity contribution in [1.82, 2.24) is 24.9 Å². The van der Waals surface area contributed by atoms with Gasteiger partial charge in [0.2, 0.25) is 11.8 Å². The smallest absolute Gasteiger partial charge is 0.257 e. The Labute approximate surface area is 243 Å². The van der Waals surface area contributed by atoms with Gasteiger partial charge in [-0.3, -0.25) is 19.1 Å². The summed E-state index contributed by atoms with van der Waals surface area (Å²) in [5.74, 6) is 0.729. The summed E-state index contributed by atoms with van der Waals surface area (Å²) in [4.78, 5) is 42.8. The zero-order valence-corrected chi connectivity index (χ0v) is 24.4. The number of likely N-dealkylation sites (tertiary alicyclic amines) is 2. The van der Waals surface area contributed by atoms with Crippen LogP contribution in [0.25, 0.3) is 0 Å². The zero-order chi connectivity index (χ0) is 28.7. The van der Waals surface area contributed by atoms with Crippen LogP contribution in [0.1, 0.15) is 74.2 Å². The molecule has 3 fully saturated rings. The fourth-order valence-electron chi connectivity index (χ4n) is 6.77. The summed E-state index contributed by atoms with van der Waals surface area (Å²) < 4.78 is 7.63. The first kappa shape index (κ1) is 29.3. The minimum absolute atomic E-state index is 0.000327. The van der Waals surface area contributed by atoms with Gasteiger partial charge in [-0.05, 0) is 36.7 Å². The lowest BCUT2D eigenvalue weighted by Crippen LogP contribution is -2.62. The number of amides is 3. The summed E-state index contributed by atoms with van der Waals surface area (Å²) in [5, 5.41) is 7.44. The summed E-state index contributed by atoms with van der Waals surface area (Å²) in [6, 6.07) is 10.0. The van der Waals surface area contributed by atoms with Crippen molar-refractivity contribution in [3.05, 3.63) is 53.9 Å². The van der Waals surface area contributed by atoms with Crippen molar-refractivity contribution in [2.75, 3.05) is 45.9 Å². The molecule has 0 radical (unpaired) electrons. The third kappa shape index (κ3) is 7.36. The largest absolute Gasteiger partial charge is 0.379 e. The van der Waals surface area contributed by atoms with Gasteiger partial charge in [0, 0.05) is 63.8 Å². The Morgan fingerprint density at radius 2 is 1.80 bits per heavy atom. The standard InChI is InChI=1S/C32H45N5O4/c1-2-9-30(39)36-23-32(24-36)22-35(31(40)27-17-34-37(19-27)18-25-10-5-3-6-11-25)20-28(32)16-29(38)33-14-15-41-21-26-12-7-4-8-13-26/h3,5-6,10-11,17,19,26,28H,2,4,7-9,12-16,18,20-24H2,1H3,(H,33,38). The SMILES string of the molecule is CCCC(=O)N1CC2(C1)CN(C(=O)c1cnn(Cc3ccccc3)c1)CC2CC(=O)NCCOCC1CCCCC1. The molecule has 9 nitrogen and oxygen atoms in total. The van der Waals surface area contributed by atoms with Crippen LogP contribution in [0, 0.1) is 17.3 Å². The number of benzene rings is 1. The van der Waals surface area contributed by atoms with Gasteiger partial charge >= 0.3 is 0 Å². The Balaban J connectivity index is 1.16. The summed E-state index contributed by atoms with van der Waals surface area (Å²) in [6.07, 6.45) is 11.5. The molecule has 1 atom stereocenters. The molecule has 1 N–H and O–H groups in total. The molecule has 2 aromatic rings. The maximum absolute atomic E-state index is 13.5. The molecule has 9 heteroatoms. The lowest BCUT2D eigenvalue weighted by atomic mass is 9.70. The summed E-state index contributed by atoms with van der Waals surface area (Å²) in [7, 11) is 0. The van der Waals surface area contributed by atoms with Crippen molar-refractivity contribution in [3.8, 4) is 0 Å². The van der Waals surface area contributed by atoms with E-state index in [0.29, 0.717) is 70.2 Å². The maximum atomic E-state index is 13.5. The number of hydrogen-bond donors (Lipinski definition) is 1. The first-order valence-corrected chi connectivity index (χ1v) is 15.4. The van der Waals surface area contributed by atoms with Crippen LogP contribution in [0.2, 0.25) is 0 Å². The van der Waals surface area contributed by atoms with Crippen LogP contribution in [-0.2, 0) is 20.9 Å². The highest BCUT2D eigenvalue weighted by molar-refractivity contribution is 5.94. The molecule has 3 heterocycles. The molecule has 3 aliphatic rings. The van der Waals surface area contributed by atoms with Gasteiger partial charge in [-0.1, -0.05) is 56.5 Å². The van der Waals surface area contributed by atoms with Gasteiger partial charge in [0.05, 0.1) is 24.9 Å². The van der Waals surface area contributed by atoms with Crippen LogP contribution in [-0.4, -0.2) is 83.2 Å². The number of carbonyl (C=O) groups excluding carboxylic acids is 3. The van der Waals surface area contributed by atoms with Crippen molar-refractivity contribution in [2.24, 2.45) is 17.3 Å². The molecule has 3 amide bonds. The highest BCUT2D eigenvalue weighted by Crippen LogP contribution is 2.46. The minimum Gasteiger partial charge on any atom is -0.379 e. The van der Waals surface area contributed by atoms with E-state index in [1.54, 1.807) is 17.1 Å². The van der Waals surface area contributed by atoms with E-state index in [1.807, 2.05) is 47.1 Å². The van der Waals surface area contributed by atoms with Crippen LogP contribution in [0.4, 0.5) is 0 Å². The van der Waals surface area contributed by atoms with Crippen LogP contribution in [0.3, 0.4) is 0 Å². The Morgan fingerprint density at radius 3 is 2.56 bits per heavy atom.